The van der Waals surface area contributed by atoms with Crippen molar-refractivity contribution >= 4 is 23.6 Å². The average molecular weight is 357 g/mol. The van der Waals surface area contributed by atoms with E-state index in [0.29, 0.717) is 43.5 Å². The number of nitrogens with zero attached hydrogens (tertiary/aromatic N) is 2. The summed E-state index contributed by atoms with van der Waals surface area (Å²) >= 11 is 0. The summed E-state index contributed by atoms with van der Waals surface area (Å²) in [6.45, 7) is 2.75. The highest BCUT2D eigenvalue weighted by Gasteiger charge is 2.37. The molecule has 2 aliphatic rings. The molecule has 1 aromatic carbocycles. The number of benzene rings is 1. The molecular weight excluding hydrogens is 334 g/mol. The van der Waals surface area contributed by atoms with Gasteiger partial charge in [-0.15, -0.1) is 0 Å². The summed E-state index contributed by atoms with van der Waals surface area (Å²) in [6, 6.07) is 6.69. The van der Waals surface area contributed by atoms with E-state index in [4.69, 9.17) is 0 Å². The summed E-state index contributed by atoms with van der Waals surface area (Å²) in [7, 11) is 0. The number of carbonyl (C=O) groups excluding carboxylic acids is 4. The van der Waals surface area contributed by atoms with Crippen LogP contribution in [0, 0.1) is 0 Å². The minimum atomic E-state index is -0.416. The summed E-state index contributed by atoms with van der Waals surface area (Å²) < 4.78 is 0. The molecule has 0 saturated carbocycles. The van der Waals surface area contributed by atoms with Crippen LogP contribution in [0.1, 0.15) is 53.3 Å². The third-order valence-electron chi connectivity index (χ3n) is 4.86. The Bertz CT molecular complexity index is 703. The molecule has 1 fully saturated rings. The van der Waals surface area contributed by atoms with Crippen molar-refractivity contribution in [2.24, 2.45) is 0 Å². The number of hydrogen-bond donors (Lipinski definition) is 1. The molecule has 2 aliphatic heterocycles. The Balaban J connectivity index is 1.53. The highest BCUT2D eigenvalue weighted by molar-refractivity contribution is 6.22. The van der Waals surface area contributed by atoms with Gasteiger partial charge in [-0.05, 0) is 31.4 Å². The Labute approximate surface area is 152 Å². The molecule has 138 valence electrons. The van der Waals surface area contributed by atoms with Crippen LogP contribution < -0.4 is 5.32 Å². The number of imide groups is 1. The molecular formula is C19H23N3O4. The number of nitrogens with one attached hydrogen (secondary N) is 1. The number of fused-ring (bicyclic) bond motifs is 1. The number of carbonyl (C=O) groups is 4. The minimum Gasteiger partial charge on any atom is -0.353 e. The van der Waals surface area contributed by atoms with Crippen molar-refractivity contribution in [2.75, 3.05) is 19.6 Å². The third kappa shape index (κ3) is 3.61. The summed E-state index contributed by atoms with van der Waals surface area (Å²) in [5.74, 6) is -1.03. The van der Waals surface area contributed by atoms with Crippen molar-refractivity contribution in [1.82, 2.24) is 15.1 Å². The van der Waals surface area contributed by atoms with Crippen LogP contribution >= 0.6 is 0 Å². The van der Waals surface area contributed by atoms with E-state index in [2.05, 4.69) is 5.32 Å². The van der Waals surface area contributed by atoms with Crippen LogP contribution in [0.25, 0.3) is 0 Å². The fourth-order valence-corrected chi connectivity index (χ4v) is 3.42. The van der Waals surface area contributed by atoms with Gasteiger partial charge >= 0.3 is 0 Å². The average Bonchev–Trinajstić information content (AvgIpc) is 2.88. The Morgan fingerprint density at radius 1 is 1.08 bits per heavy atom. The maximum absolute atomic E-state index is 12.5. The minimum absolute atomic E-state index is 0.0447. The first kappa shape index (κ1) is 18.1. The summed E-state index contributed by atoms with van der Waals surface area (Å²) in [5.41, 5.74) is 0.699. The van der Waals surface area contributed by atoms with E-state index in [1.54, 1.807) is 29.2 Å². The van der Waals surface area contributed by atoms with E-state index >= 15 is 0 Å². The van der Waals surface area contributed by atoms with Gasteiger partial charge in [0.2, 0.25) is 11.8 Å². The molecule has 3 rings (SSSR count). The lowest BCUT2D eigenvalue weighted by atomic mass is 10.0. The number of piperidine rings is 1. The Kier molecular flexibility index (Phi) is 5.35. The maximum atomic E-state index is 12.5. The molecule has 1 aromatic rings. The van der Waals surface area contributed by atoms with Crippen LogP contribution in [-0.4, -0.2) is 59.1 Å². The molecule has 1 saturated heterocycles. The summed E-state index contributed by atoms with van der Waals surface area (Å²) in [4.78, 5) is 51.6. The van der Waals surface area contributed by atoms with Gasteiger partial charge in [0.15, 0.2) is 0 Å². The molecule has 26 heavy (non-hydrogen) atoms. The lowest BCUT2D eigenvalue weighted by Crippen LogP contribution is -2.49. The lowest BCUT2D eigenvalue weighted by molar-refractivity contribution is -0.132. The van der Waals surface area contributed by atoms with Gasteiger partial charge < -0.3 is 10.2 Å². The zero-order valence-corrected chi connectivity index (χ0v) is 14.9. The highest BCUT2D eigenvalue weighted by Crippen LogP contribution is 2.22. The van der Waals surface area contributed by atoms with E-state index in [9.17, 15) is 19.2 Å². The van der Waals surface area contributed by atoms with Crippen molar-refractivity contribution in [1.29, 1.82) is 0 Å². The number of amides is 4. The van der Waals surface area contributed by atoms with E-state index in [1.165, 1.54) is 0 Å². The van der Waals surface area contributed by atoms with Gasteiger partial charge in [-0.1, -0.05) is 19.1 Å². The first-order chi connectivity index (χ1) is 12.5. The van der Waals surface area contributed by atoms with Crippen molar-refractivity contribution in [3.63, 3.8) is 0 Å². The summed E-state index contributed by atoms with van der Waals surface area (Å²) in [5, 5.41) is 2.98. The van der Waals surface area contributed by atoms with E-state index in [0.717, 1.165) is 11.3 Å². The van der Waals surface area contributed by atoms with Crippen molar-refractivity contribution in [3.05, 3.63) is 35.4 Å². The molecule has 0 radical (unpaired) electrons. The topological polar surface area (TPSA) is 86.8 Å². The predicted molar refractivity (Wildman–Crippen MR) is 94.5 cm³/mol. The standard InChI is InChI=1S/C19H23N3O4/c1-2-5-16(23)20-13-8-10-21(11-9-13)17(24)12-22-18(25)14-6-3-4-7-15(14)19(22)26/h3-4,6-7,13H,2,5,8-12H2,1H3,(H,20,23). The third-order valence-corrected chi connectivity index (χ3v) is 4.86. The molecule has 7 heteroatoms. The second-order valence-corrected chi connectivity index (χ2v) is 6.71. The molecule has 4 amide bonds. The fraction of sp³-hybridized carbons (Fsp3) is 0.474. The van der Waals surface area contributed by atoms with Gasteiger partial charge in [0.05, 0.1) is 11.1 Å². The summed E-state index contributed by atoms with van der Waals surface area (Å²) in [6.07, 6.45) is 2.69. The molecule has 2 heterocycles. The normalized spacial score (nSPS) is 17.4. The van der Waals surface area contributed by atoms with Gasteiger partial charge in [0.1, 0.15) is 6.54 Å². The molecule has 0 aromatic heterocycles. The van der Waals surface area contributed by atoms with Gasteiger partial charge in [-0.25, -0.2) is 0 Å². The highest BCUT2D eigenvalue weighted by atomic mass is 16.2. The van der Waals surface area contributed by atoms with Crippen LogP contribution in [0.4, 0.5) is 0 Å². The zero-order chi connectivity index (χ0) is 18.7. The molecule has 0 aliphatic carbocycles. The van der Waals surface area contributed by atoms with Crippen LogP contribution in [0.5, 0.6) is 0 Å². The van der Waals surface area contributed by atoms with Gasteiger partial charge in [0.25, 0.3) is 11.8 Å². The van der Waals surface area contributed by atoms with E-state index in [-0.39, 0.29) is 24.4 Å². The molecule has 7 nitrogen and oxygen atoms in total. The second kappa shape index (κ2) is 7.68. The van der Waals surface area contributed by atoms with Crippen LogP contribution in [0.3, 0.4) is 0 Å². The monoisotopic (exact) mass is 357 g/mol. The molecule has 0 unspecified atom stereocenters. The van der Waals surface area contributed by atoms with Crippen LogP contribution in [0.2, 0.25) is 0 Å². The van der Waals surface area contributed by atoms with Crippen LogP contribution in [-0.2, 0) is 9.59 Å². The van der Waals surface area contributed by atoms with Gasteiger partial charge in [0, 0.05) is 25.6 Å². The molecule has 0 spiro atoms. The van der Waals surface area contributed by atoms with Crippen molar-refractivity contribution in [2.45, 2.75) is 38.6 Å². The number of rotatable bonds is 5. The van der Waals surface area contributed by atoms with Gasteiger partial charge in [-0.3, -0.25) is 24.1 Å². The fourth-order valence-electron chi connectivity index (χ4n) is 3.42. The number of likely N-dealkylation sites (tertiary alicyclic amines) is 1. The maximum Gasteiger partial charge on any atom is 0.262 e. The lowest BCUT2D eigenvalue weighted by Gasteiger charge is -2.33. The predicted octanol–water partition coefficient (Wildman–Crippen LogP) is 1.19. The molecule has 0 bridgehead atoms. The van der Waals surface area contributed by atoms with Gasteiger partial charge in [-0.2, -0.15) is 0 Å². The van der Waals surface area contributed by atoms with E-state index < -0.39 is 11.8 Å². The van der Waals surface area contributed by atoms with Crippen molar-refractivity contribution < 1.29 is 19.2 Å². The van der Waals surface area contributed by atoms with Crippen molar-refractivity contribution in [3.8, 4) is 0 Å². The zero-order valence-electron chi connectivity index (χ0n) is 14.9. The van der Waals surface area contributed by atoms with Crippen LogP contribution in [0.15, 0.2) is 24.3 Å². The van der Waals surface area contributed by atoms with E-state index in [1.807, 2.05) is 6.92 Å². The first-order valence-electron chi connectivity index (χ1n) is 9.03. The molecule has 0 atom stereocenters. The molecule has 1 N–H and O–H groups in total. The quantitative estimate of drug-likeness (QED) is 0.802. The first-order valence-corrected chi connectivity index (χ1v) is 9.03. The number of hydrogen-bond acceptors (Lipinski definition) is 4. The smallest absolute Gasteiger partial charge is 0.262 e. The second-order valence-electron chi connectivity index (χ2n) is 6.71. The Morgan fingerprint density at radius 2 is 1.65 bits per heavy atom. The Hall–Kier alpha value is -2.70. The SMILES string of the molecule is CCCC(=O)NC1CCN(C(=O)CN2C(=O)c3ccccc3C2=O)CC1. The Morgan fingerprint density at radius 3 is 2.19 bits per heavy atom. The largest absolute Gasteiger partial charge is 0.353 e.